The molecule has 3 fully saturated rings. The van der Waals surface area contributed by atoms with Gasteiger partial charge in [-0.1, -0.05) is 18.6 Å². The van der Waals surface area contributed by atoms with Crippen molar-refractivity contribution in [1.82, 2.24) is 14.5 Å². The van der Waals surface area contributed by atoms with Gasteiger partial charge >= 0.3 is 0 Å². The maximum absolute atomic E-state index is 13.6. The number of aromatic nitrogens is 2. The van der Waals surface area contributed by atoms with E-state index in [-0.39, 0.29) is 5.56 Å². The number of ether oxygens (including phenoxy) is 1. The summed E-state index contributed by atoms with van der Waals surface area (Å²) in [6, 6.07) is 10.8. The van der Waals surface area contributed by atoms with Crippen LogP contribution >= 0.6 is 0 Å². The maximum Gasteiger partial charge on any atom is 0.279 e. The van der Waals surface area contributed by atoms with E-state index >= 15 is 0 Å². The Hall–Kier alpha value is -2.37. The number of benzene rings is 1. The largest absolute Gasteiger partial charge is 0.381 e. The summed E-state index contributed by atoms with van der Waals surface area (Å²) in [5.41, 5.74) is 5.63. The third-order valence-corrected chi connectivity index (χ3v) is 7.79. The molecule has 1 aromatic carbocycles. The van der Waals surface area contributed by atoms with Gasteiger partial charge in [0.05, 0.1) is 6.10 Å². The van der Waals surface area contributed by atoms with Crippen LogP contribution in [0.4, 0.5) is 0 Å². The predicted octanol–water partition coefficient (Wildman–Crippen LogP) is 5.07. The van der Waals surface area contributed by atoms with E-state index in [9.17, 15) is 4.79 Å². The summed E-state index contributed by atoms with van der Waals surface area (Å²) in [6.45, 7) is 3.23. The molecule has 0 unspecified atom stereocenters. The van der Waals surface area contributed by atoms with E-state index in [1.165, 1.54) is 48.9 Å². The minimum Gasteiger partial charge on any atom is -0.381 e. The van der Waals surface area contributed by atoms with Crippen LogP contribution in [-0.2, 0) is 11.3 Å². The molecule has 1 aliphatic heterocycles. The lowest BCUT2D eigenvalue weighted by molar-refractivity contribution is 0.0258. The van der Waals surface area contributed by atoms with Crippen LogP contribution < -0.4 is 5.56 Å². The second kappa shape index (κ2) is 8.20. The lowest BCUT2D eigenvalue weighted by atomic mass is 9.77. The van der Waals surface area contributed by atoms with Crippen LogP contribution in [0.25, 0.3) is 16.6 Å². The molecule has 0 atom stereocenters. The number of piperidine rings is 1. The van der Waals surface area contributed by atoms with Crippen LogP contribution in [0.1, 0.15) is 73.6 Å². The standard InChI is InChI=1S/C27H33N3O2/c1-32-23-13-20(14-23)19-6-5-7-22(12-19)30-17-25(18-8-9-18)24-15-21(28-26(24)27(30)31)16-29-10-3-2-4-11-29/h5-7,12,15,17-18,20,23,28H,2-4,8-11,13-14,16H2,1H3. The number of hydrogen-bond donors (Lipinski definition) is 1. The first-order valence-electron chi connectivity index (χ1n) is 12.3. The summed E-state index contributed by atoms with van der Waals surface area (Å²) in [5, 5.41) is 1.14. The first kappa shape index (κ1) is 20.3. The minimum absolute atomic E-state index is 0.0646. The summed E-state index contributed by atoms with van der Waals surface area (Å²) < 4.78 is 7.35. The molecule has 5 nitrogen and oxygen atoms in total. The number of nitrogens with one attached hydrogen (secondary N) is 1. The molecule has 2 aromatic heterocycles. The number of nitrogens with zero attached hydrogens (tertiary/aromatic N) is 2. The van der Waals surface area contributed by atoms with Crippen molar-refractivity contribution in [1.29, 1.82) is 0 Å². The molecule has 0 amide bonds. The SMILES string of the molecule is COC1CC(c2cccc(-n3cc(C4CC4)c4cc(CN5CCCCC5)[nH]c4c3=O)c2)C1. The van der Waals surface area contributed by atoms with E-state index in [1.54, 1.807) is 7.11 Å². The summed E-state index contributed by atoms with van der Waals surface area (Å²) in [7, 11) is 1.79. The van der Waals surface area contributed by atoms with Crippen molar-refractivity contribution in [2.75, 3.05) is 20.2 Å². The van der Waals surface area contributed by atoms with Crippen LogP contribution in [0.5, 0.6) is 0 Å². The van der Waals surface area contributed by atoms with Crippen LogP contribution in [-0.4, -0.2) is 40.8 Å². The number of H-pyrrole nitrogens is 1. The van der Waals surface area contributed by atoms with E-state index in [0.717, 1.165) is 49.1 Å². The highest BCUT2D eigenvalue weighted by molar-refractivity contribution is 5.84. The van der Waals surface area contributed by atoms with Crippen LogP contribution in [0, 0.1) is 0 Å². The molecule has 0 radical (unpaired) electrons. The zero-order chi connectivity index (χ0) is 21.7. The Morgan fingerprint density at radius 2 is 1.88 bits per heavy atom. The molecular formula is C27H33N3O2. The smallest absolute Gasteiger partial charge is 0.279 e. The number of rotatable bonds is 6. The van der Waals surface area contributed by atoms with E-state index in [4.69, 9.17) is 4.74 Å². The quantitative estimate of drug-likeness (QED) is 0.592. The van der Waals surface area contributed by atoms with Gasteiger partial charge in [0.2, 0.25) is 0 Å². The van der Waals surface area contributed by atoms with Gasteiger partial charge in [-0.15, -0.1) is 0 Å². The third kappa shape index (κ3) is 3.71. The molecule has 2 saturated carbocycles. The van der Waals surface area contributed by atoms with Gasteiger partial charge in [0, 0.05) is 36.6 Å². The topological polar surface area (TPSA) is 50.3 Å². The van der Waals surface area contributed by atoms with Gasteiger partial charge in [-0.25, -0.2) is 0 Å². The molecule has 3 aliphatic rings. The Kier molecular flexibility index (Phi) is 5.19. The van der Waals surface area contributed by atoms with Crippen molar-refractivity contribution in [2.45, 2.75) is 69.4 Å². The summed E-state index contributed by atoms with van der Waals surface area (Å²) in [4.78, 5) is 19.6. The van der Waals surface area contributed by atoms with Crippen molar-refractivity contribution in [3.8, 4) is 5.69 Å². The number of likely N-dealkylation sites (tertiary alicyclic amines) is 1. The Morgan fingerprint density at radius 3 is 2.62 bits per heavy atom. The molecule has 3 heterocycles. The number of fused-ring (bicyclic) bond motifs is 1. The molecule has 0 spiro atoms. The third-order valence-electron chi connectivity index (χ3n) is 7.79. The molecule has 1 saturated heterocycles. The summed E-state index contributed by atoms with van der Waals surface area (Å²) in [6.07, 6.45) is 11.0. The Bertz CT molecular complexity index is 1180. The highest BCUT2D eigenvalue weighted by Crippen LogP contribution is 2.43. The zero-order valence-electron chi connectivity index (χ0n) is 19.0. The van der Waals surface area contributed by atoms with Crippen LogP contribution in [0.2, 0.25) is 0 Å². The maximum atomic E-state index is 13.6. The van der Waals surface area contributed by atoms with Crippen molar-refractivity contribution < 1.29 is 4.74 Å². The van der Waals surface area contributed by atoms with Gasteiger partial charge in [-0.3, -0.25) is 14.3 Å². The first-order chi connectivity index (χ1) is 15.7. The minimum atomic E-state index is 0.0646. The van der Waals surface area contributed by atoms with Crippen molar-refractivity contribution in [2.24, 2.45) is 0 Å². The molecule has 168 valence electrons. The molecule has 5 heteroatoms. The normalized spacial score (nSPS) is 24.0. The van der Waals surface area contributed by atoms with Crippen molar-refractivity contribution in [3.63, 3.8) is 0 Å². The second-order valence-electron chi connectivity index (χ2n) is 10.1. The summed E-state index contributed by atoms with van der Waals surface area (Å²) >= 11 is 0. The molecule has 3 aromatic rings. The fourth-order valence-electron chi connectivity index (χ4n) is 5.61. The van der Waals surface area contributed by atoms with Gasteiger partial charge in [-0.2, -0.15) is 0 Å². The molecule has 32 heavy (non-hydrogen) atoms. The second-order valence-corrected chi connectivity index (χ2v) is 10.1. The van der Waals surface area contributed by atoms with Crippen molar-refractivity contribution in [3.05, 3.63) is 63.7 Å². The Balaban J connectivity index is 1.37. The summed E-state index contributed by atoms with van der Waals surface area (Å²) in [5.74, 6) is 1.11. The lowest BCUT2D eigenvalue weighted by Crippen LogP contribution is -2.29. The molecule has 1 N–H and O–H groups in total. The number of hydrogen-bond acceptors (Lipinski definition) is 3. The van der Waals surface area contributed by atoms with Gasteiger partial charge in [0.25, 0.3) is 5.56 Å². The Morgan fingerprint density at radius 1 is 1.06 bits per heavy atom. The van der Waals surface area contributed by atoms with Gasteiger partial charge in [-0.05, 0) is 92.8 Å². The van der Waals surface area contributed by atoms with Crippen LogP contribution in [0.3, 0.4) is 0 Å². The number of methoxy groups -OCH3 is 1. The van der Waals surface area contributed by atoms with E-state index in [1.807, 2.05) is 4.57 Å². The van der Waals surface area contributed by atoms with Gasteiger partial charge in [0.1, 0.15) is 5.52 Å². The fraction of sp³-hybridized carbons (Fsp3) is 0.519. The van der Waals surface area contributed by atoms with Gasteiger partial charge < -0.3 is 9.72 Å². The first-order valence-corrected chi connectivity index (χ1v) is 12.3. The fourth-order valence-corrected chi connectivity index (χ4v) is 5.61. The average Bonchev–Trinajstić information content (AvgIpc) is 3.54. The molecular weight excluding hydrogens is 398 g/mol. The number of pyridine rings is 1. The number of aromatic amines is 1. The zero-order valence-corrected chi connectivity index (χ0v) is 19.0. The van der Waals surface area contributed by atoms with E-state index in [0.29, 0.717) is 17.9 Å². The predicted molar refractivity (Wildman–Crippen MR) is 128 cm³/mol. The highest BCUT2D eigenvalue weighted by Gasteiger charge is 2.31. The van der Waals surface area contributed by atoms with E-state index < -0.39 is 0 Å². The van der Waals surface area contributed by atoms with Crippen LogP contribution in [0.15, 0.2) is 41.3 Å². The van der Waals surface area contributed by atoms with Crippen molar-refractivity contribution >= 4 is 10.9 Å². The molecule has 2 aliphatic carbocycles. The molecule has 0 bridgehead atoms. The van der Waals surface area contributed by atoms with Gasteiger partial charge in [0.15, 0.2) is 0 Å². The average molecular weight is 432 g/mol. The van der Waals surface area contributed by atoms with E-state index in [2.05, 4.69) is 46.4 Å². The monoisotopic (exact) mass is 431 g/mol. The lowest BCUT2D eigenvalue weighted by Gasteiger charge is -2.34. The Labute approximate surface area is 189 Å². The highest BCUT2D eigenvalue weighted by atomic mass is 16.5. The molecule has 6 rings (SSSR count).